The highest BCUT2D eigenvalue weighted by Crippen LogP contribution is 2.22. The van der Waals surface area contributed by atoms with Crippen molar-refractivity contribution in [1.29, 1.82) is 0 Å². The van der Waals surface area contributed by atoms with Crippen LogP contribution in [0.5, 0.6) is 5.75 Å². The predicted octanol–water partition coefficient (Wildman–Crippen LogP) is 1.58. The van der Waals surface area contributed by atoms with E-state index in [1.165, 1.54) is 6.42 Å². The first-order valence-electron chi connectivity index (χ1n) is 6.02. The SMILES string of the molecule is Nc1ccc(OCC(O)COC2CCC2)cc1. The summed E-state index contributed by atoms with van der Waals surface area (Å²) < 4.78 is 10.9. The van der Waals surface area contributed by atoms with E-state index in [2.05, 4.69) is 0 Å². The third-order valence-electron chi connectivity index (χ3n) is 2.90. The molecule has 2 rings (SSSR count). The monoisotopic (exact) mass is 237 g/mol. The van der Waals surface area contributed by atoms with Gasteiger partial charge in [0, 0.05) is 5.69 Å². The minimum Gasteiger partial charge on any atom is -0.491 e. The van der Waals surface area contributed by atoms with Crippen LogP contribution < -0.4 is 10.5 Å². The van der Waals surface area contributed by atoms with Gasteiger partial charge in [-0.25, -0.2) is 0 Å². The molecule has 3 N–H and O–H groups in total. The quantitative estimate of drug-likeness (QED) is 0.737. The summed E-state index contributed by atoms with van der Waals surface area (Å²) in [4.78, 5) is 0. The van der Waals surface area contributed by atoms with E-state index in [0.29, 0.717) is 24.1 Å². The molecular weight excluding hydrogens is 218 g/mol. The summed E-state index contributed by atoms with van der Waals surface area (Å²) in [6, 6.07) is 7.11. The van der Waals surface area contributed by atoms with Crippen LogP contribution in [0.2, 0.25) is 0 Å². The number of anilines is 1. The average molecular weight is 237 g/mol. The number of hydrogen-bond acceptors (Lipinski definition) is 4. The maximum Gasteiger partial charge on any atom is 0.119 e. The van der Waals surface area contributed by atoms with Gasteiger partial charge in [-0.15, -0.1) is 0 Å². The smallest absolute Gasteiger partial charge is 0.119 e. The Kier molecular flexibility index (Phi) is 4.23. The highest BCUT2D eigenvalue weighted by molar-refractivity contribution is 5.41. The van der Waals surface area contributed by atoms with Gasteiger partial charge in [0.1, 0.15) is 18.5 Å². The Morgan fingerprint density at radius 3 is 2.53 bits per heavy atom. The van der Waals surface area contributed by atoms with E-state index >= 15 is 0 Å². The fraction of sp³-hybridized carbons (Fsp3) is 0.538. The molecule has 1 aromatic rings. The van der Waals surface area contributed by atoms with Crippen LogP contribution in [0.4, 0.5) is 5.69 Å². The molecule has 94 valence electrons. The van der Waals surface area contributed by atoms with Crippen LogP contribution in [0.25, 0.3) is 0 Å². The molecule has 0 spiro atoms. The predicted molar refractivity (Wildman–Crippen MR) is 65.9 cm³/mol. The molecule has 0 heterocycles. The number of nitrogens with two attached hydrogens (primary N) is 1. The zero-order chi connectivity index (χ0) is 12.1. The second-order valence-corrected chi connectivity index (χ2v) is 4.42. The number of aliphatic hydroxyl groups is 1. The lowest BCUT2D eigenvalue weighted by Crippen LogP contribution is -2.29. The first-order valence-corrected chi connectivity index (χ1v) is 6.02. The maximum absolute atomic E-state index is 9.66. The Hall–Kier alpha value is -1.26. The number of benzene rings is 1. The molecule has 0 bridgehead atoms. The Morgan fingerprint density at radius 2 is 1.94 bits per heavy atom. The van der Waals surface area contributed by atoms with Gasteiger partial charge in [-0.2, -0.15) is 0 Å². The lowest BCUT2D eigenvalue weighted by atomic mass is 9.96. The molecule has 0 aliphatic heterocycles. The van der Waals surface area contributed by atoms with Gasteiger partial charge in [-0.3, -0.25) is 0 Å². The second-order valence-electron chi connectivity index (χ2n) is 4.42. The van der Waals surface area contributed by atoms with Crippen molar-refractivity contribution in [3.05, 3.63) is 24.3 Å². The van der Waals surface area contributed by atoms with Crippen LogP contribution in [0, 0.1) is 0 Å². The summed E-state index contributed by atoms with van der Waals surface area (Å²) in [6.07, 6.45) is 3.24. The van der Waals surface area contributed by atoms with Crippen LogP contribution in [0.15, 0.2) is 24.3 Å². The van der Waals surface area contributed by atoms with Gasteiger partial charge in [0.2, 0.25) is 0 Å². The first kappa shape index (κ1) is 12.2. The molecule has 1 aliphatic carbocycles. The molecule has 1 saturated carbocycles. The highest BCUT2D eigenvalue weighted by Gasteiger charge is 2.19. The fourth-order valence-corrected chi connectivity index (χ4v) is 1.59. The summed E-state index contributed by atoms with van der Waals surface area (Å²) >= 11 is 0. The summed E-state index contributed by atoms with van der Waals surface area (Å²) in [5.74, 6) is 0.710. The van der Waals surface area contributed by atoms with Gasteiger partial charge in [0.15, 0.2) is 0 Å². The van der Waals surface area contributed by atoms with Gasteiger partial charge in [-0.1, -0.05) is 0 Å². The number of rotatable bonds is 6. The van der Waals surface area contributed by atoms with Gasteiger partial charge >= 0.3 is 0 Å². The first-order chi connectivity index (χ1) is 8.24. The molecule has 4 heteroatoms. The Labute approximate surface area is 101 Å². The average Bonchev–Trinajstić information content (AvgIpc) is 2.26. The van der Waals surface area contributed by atoms with Crippen molar-refractivity contribution in [2.75, 3.05) is 18.9 Å². The standard InChI is InChI=1S/C13H19NO3/c14-10-4-6-13(7-5-10)17-9-11(15)8-16-12-2-1-3-12/h4-7,11-12,15H,1-3,8-9,14H2. The van der Waals surface area contributed by atoms with E-state index < -0.39 is 6.10 Å². The van der Waals surface area contributed by atoms with Gasteiger partial charge in [-0.05, 0) is 43.5 Å². The lowest BCUT2D eigenvalue weighted by molar-refractivity contribution is -0.0519. The summed E-state index contributed by atoms with van der Waals surface area (Å²) in [5, 5.41) is 9.66. The van der Waals surface area contributed by atoms with E-state index in [0.717, 1.165) is 12.8 Å². The summed E-state index contributed by atoms with van der Waals surface area (Å²) in [6.45, 7) is 0.594. The zero-order valence-corrected chi connectivity index (χ0v) is 9.84. The third kappa shape index (κ3) is 3.91. The molecule has 17 heavy (non-hydrogen) atoms. The molecule has 1 fully saturated rings. The number of hydrogen-bond donors (Lipinski definition) is 2. The third-order valence-corrected chi connectivity index (χ3v) is 2.90. The van der Waals surface area contributed by atoms with E-state index in [1.54, 1.807) is 24.3 Å². The van der Waals surface area contributed by atoms with Crippen LogP contribution in [-0.4, -0.2) is 30.5 Å². The van der Waals surface area contributed by atoms with Crippen molar-refractivity contribution < 1.29 is 14.6 Å². The van der Waals surface area contributed by atoms with Crippen molar-refractivity contribution in [2.24, 2.45) is 0 Å². The minimum absolute atomic E-state index is 0.247. The molecule has 4 nitrogen and oxygen atoms in total. The topological polar surface area (TPSA) is 64.7 Å². The van der Waals surface area contributed by atoms with E-state index in [4.69, 9.17) is 15.2 Å². The molecule has 0 radical (unpaired) electrons. The summed E-state index contributed by atoms with van der Waals surface area (Å²) in [5.41, 5.74) is 6.26. The lowest BCUT2D eigenvalue weighted by Gasteiger charge is -2.26. The van der Waals surface area contributed by atoms with Gasteiger partial charge < -0.3 is 20.3 Å². The normalized spacial score (nSPS) is 17.5. The molecule has 0 aromatic heterocycles. The number of aliphatic hydroxyl groups excluding tert-OH is 1. The van der Waals surface area contributed by atoms with Gasteiger partial charge in [0.25, 0.3) is 0 Å². The maximum atomic E-state index is 9.66. The molecule has 1 atom stereocenters. The molecule has 1 unspecified atom stereocenters. The Morgan fingerprint density at radius 1 is 1.24 bits per heavy atom. The van der Waals surface area contributed by atoms with Crippen LogP contribution in [-0.2, 0) is 4.74 Å². The van der Waals surface area contributed by atoms with Crippen molar-refractivity contribution in [1.82, 2.24) is 0 Å². The molecule has 0 saturated heterocycles. The number of ether oxygens (including phenoxy) is 2. The Balaban J connectivity index is 1.64. The van der Waals surface area contributed by atoms with Crippen molar-refractivity contribution in [3.8, 4) is 5.75 Å². The molecule has 1 aromatic carbocycles. The van der Waals surface area contributed by atoms with Crippen molar-refractivity contribution >= 4 is 5.69 Å². The molecule has 0 amide bonds. The van der Waals surface area contributed by atoms with Crippen LogP contribution in [0.3, 0.4) is 0 Å². The van der Waals surface area contributed by atoms with E-state index in [9.17, 15) is 5.11 Å². The van der Waals surface area contributed by atoms with Crippen molar-refractivity contribution in [3.63, 3.8) is 0 Å². The summed E-state index contributed by atoms with van der Waals surface area (Å²) in [7, 11) is 0. The van der Waals surface area contributed by atoms with Gasteiger partial charge in [0.05, 0.1) is 12.7 Å². The van der Waals surface area contributed by atoms with E-state index in [-0.39, 0.29) is 6.61 Å². The van der Waals surface area contributed by atoms with Crippen molar-refractivity contribution in [2.45, 2.75) is 31.5 Å². The zero-order valence-electron chi connectivity index (χ0n) is 9.84. The Bertz CT molecular complexity index is 335. The second kappa shape index (κ2) is 5.89. The van der Waals surface area contributed by atoms with Crippen LogP contribution >= 0.6 is 0 Å². The molecule has 1 aliphatic rings. The molecular formula is C13H19NO3. The largest absolute Gasteiger partial charge is 0.491 e. The van der Waals surface area contributed by atoms with Crippen LogP contribution in [0.1, 0.15) is 19.3 Å². The van der Waals surface area contributed by atoms with E-state index in [1.807, 2.05) is 0 Å². The highest BCUT2D eigenvalue weighted by atomic mass is 16.5. The fourth-order valence-electron chi connectivity index (χ4n) is 1.59. The minimum atomic E-state index is -0.576. The number of nitrogen functional groups attached to an aromatic ring is 1.